The molecular formula is C32H35BrNOP. The number of halogens is 1. The number of nitrogens with one attached hydrogen (secondary N) is 1. The van der Waals surface area contributed by atoms with Crippen LogP contribution in [0.1, 0.15) is 26.2 Å². The van der Waals surface area contributed by atoms with Crippen LogP contribution in [-0.4, -0.2) is 12.8 Å². The van der Waals surface area contributed by atoms with E-state index in [0.29, 0.717) is 13.0 Å². The van der Waals surface area contributed by atoms with Crippen molar-refractivity contribution in [2.75, 3.05) is 12.8 Å². The summed E-state index contributed by atoms with van der Waals surface area (Å²) in [7, 11) is 0. The minimum atomic E-state index is -3.08. The molecule has 36 heavy (non-hydrogen) atoms. The van der Waals surface area contributed by atoms with Crippen molar-refractivity contribution in [1.82, 2.24) is 5.32 Å². The van der Waals surface area contributed by atoms with E-state index in [1.807, 2.05) is 6.92 Å². The van der Waals surface area contributed by atoms with Gasteiger partial charge in [0, 0.05) is 0 Å². The average Bonchev–Trinajstić information content (AvgIpc) is 2.91. The molecule has 0 amide bonds. The molecule has 0 radical (unpaired) electrons. The molecule has 1 N–H and O–H groups in total. The summed E-state index contributed by atoms with van der Waals surface area (Å²) < 4.78 is 5.57. The van der Waals surface area contributed by atoms with Crippen LogP contribution in [0.4, 0.5) is 0 Å². The first-order valence-electron chi connectivity index (χ1n) is 12.5. The molecule has 1 aliphatic carbocycles. The van der Waals surface area contributed by atoms with Crippen LogP contribution in [0, 0.1) is 0 Å². The second kappa shape index (κ2) is 11.5. The first kappa shape index (κ1) is 26.2. The molecule has 0 saturated carbocycles. The Morgan fingerprint density at radius 3 is 1.75 bits per heavy atom. The standard InChI is InChI=1S/C32H35BrNOP/c1-4-35-27(3)24-26(2)34-32-23-15-14-16-28(32)25-36(33,29-17-8-5-9-18-29,30-19-10-6-11-20-30)31-21-12-7-13-22-31/h5-13,16-23,34H,2-4,14-15,24-25H2,1H3. The van der Waals surface area contributed by atoms with Crippen molar-refractivity contribution in [1.29, 1.82) is 0 Å². The molecular weight excluding hydrogens is 525 g/mol. The Morgan fingerprint density at radius 2 is 1.28 bits per heavy atom. The molecule has 186 valence electrons. The third-order valence-electron chi connectivity index (χ3n) is 6.67. The number of hydrogen-bond donors (Lipinski definition) is 1. The van der Waals surface area contributed by atoms with Gasteiger partial charge in [0.05, 0.1) is 0 Å². The summed E-state index contributed by atoms with van der Waals surface area (Å²) in [5.74, 6) is 0.731. The van der Waals surface area contributed by atoms with E-state index in [9.17, 15) is 0 Å². The number of hydrogen-bond acceptors (Lipinski definition) is 2. The fourth-order valence-corrected chi connectivity index (χ4v) is 12.7. The summed E-state index contributed by atoms with van der Waals surface area (Å²) >= 11 is 4.59. The Kier molecular flexibility index (Phi) is 8.34. The molecule has 0 aliphatic heterocycles. The third kappa shape index (κ3) is 5.28. The monoisotopic (exact) mass is 559 g/mol. The summed E-state index contributed by atoms with van der Waals surface area (Å²) in [6.45, 7) is 10.9. The molecule has 0 heterocycles. The van der Waals surface area contributed by atoms with Crippen molar-refractivity contribution in [2.45, 2.75) is 26.2 Å². The normalized spacial score (nSPS) is 14.6. The maximum absolute atomic E-state index is 5.57. The molecule has 3 aromatic carbocycles. The molecule has 4 rings (SSSR count). The van der Waals surface area contributed by atoms with Crippen LogP contribution in [0.15, 0.2) is 139 Å². The topological polar surface area (TPSA) is 21.3 Å². The molecule has 4 heteroatoms. The second-order valence-corrected chi connectivity index (χ2v) is 18.1. The summed E-state index contributed by atoms with van der Waals surface area (Å²) in [4.78, 5) is 0. The van der Waals surface area contributed by atoms with E-state index in [1.165, 1.54) is 21.5 Å². The van der Waals surface area contributed by atoms with E-state index >= 15 is 0 Å². The zero-order chi connectivity index (χ0) is 25.5. The maximum atomic E-state index is 5.57. The molecule has 0 spiro atoms. The van der Waals surface area contributed by atoms with Crippen molar-refractivity contribution in [2.24, 2.45) is 0 Å². The molecule has 0 fully saturated rings. The van der Waals surface area contributed by atoms with Crippen LogP contribution < -0.4 is 21.2 Å². The van der Waals surface area contributed by atoms with E-state index in [-0.39, 0.29) is 0 Å². The predicted octanol–water partition coefficient (Wildman–Crippen LogP) is 7.47. The minimum absolute atomic E-state index is 0.590. The molecule has 0 aromatic heterocycles. The molecule has 0 bridgehead atoms. The Balaban J connectivity index is 1.83. The van der Waals surface area contributed by atoms with Gasteiger partial charge in [0.1, 0.15) is 0 Å². The van der Waals surface area contributed by atoms with Crippen LogP contribution in [-0.2, 0) is 4.74 Å². The van der Waals surface area contributed by atoms with Gasteiger partial charge < -0.3 is 0 Å². The zero-order valence-corrected chi connectivity index (χ0v) is 23.5. The van der Waals surface area contributed by atoms with Crippen molar-refractivity contribution in [3.8, 4) is 0 Å². The van der Waals surface area contributed by atoms with E-state index in [2.05, 4.69) is 137 Å². The van der Waals surface area contributed by atoms with Gasteiger partial charge in [-0.15, -0.1) is 0 Å². The third-order valence-corrected chi connectivity index (χ3v) is 16.2. The first-order valence-corrected chi connectivity index (χ1v) is 16.9. The molecule has 1 aliphatic rings. The van der Waals surface area contributed by atoms with Crippen molar-refractivity contribution in [3.05, 3.63) is 139 Å². The Labute approximate surface area is 224 Å². The quantitative estimate of drug-likeness (QED) is 0.194. The van der Waals surface area contributed by atoms with E-state index in [0.717, 1.165) is 36.2 Å². The summed E-state index contributed by atoms with van der Waals surface area (Å²) in [6.07, 6.45) is 8.17. The number of ether oxygens (including phenoxy) is 1. The zero-order valence-electron chi connectivity index (χ0n) is 21.0. The molecule has 2 nitrogen and oxygen atoms in total. The molecule has 0 atom stereocenters. The van der Waals surface area contributed by atoms with Crippen LogP contribution in [0.3, 0.4) is 0 Å². The van der Waals surface area contributed by atoms with Crippen molar-refractivity contribution < 1.29 is 4.74 Å². The number of allylic oxidation sites excluding steroid dienone is 3. The van der Waals surface area contributed by atoms with Gasteiger partial charge in [-0.2, -0.15) is 0 Å². The predicted molar refractivity (Wildman–Crippen MR) is 162 cm³/mol. The number of benzene rings is 3. The van der Waals surface area contributed by atoms with Gasteiger partial charge in [0.25, 0.3) is 0 Å². The first-order chi connectivity index (χ1) is 17.4. The van der Waals surface area contributed by atoms with Crippen molar-refractivity contribution in [3.63, 3.8) is 0 Å². The van der Waals surface area contributed by atoms with E-state index in [1.54, 1.807) is 0 Å². The van der Waals surface area contributed by atoms with Gasteiger partial charge in [0.2, 0.25) is 0 Å². The van der Waals surface area contributed by atoms with E-state index in [4.69, 9.17) is 4.74 Å². The fraction of sp³-hybridized carbons (Fsp3) is 0.188. The molecule has 3 aromatic rings. The molecule has 0 saturated heterocycles. The van der Waals surface area contributed by atoms with Crippen molar-refractivity contribution >= 4 is 36.7 Å². The fourth-order valence-electron chi connectivity index (χ4n) is 4.99. The van der Waals surface area contributed by atoms with Gasteiger partial charge in [-0.3, -0.25) is 0 Å². The summed E-state index contributed by atoms with van der Waals surface area (Å²) in [6, 6.07) is 32.8. The van der Waals surface area contributed by atoms with E-state index < -0.39 is 5.31 Å². The van der Waals surface area contributed by atoms with Gasteiger partial charge in [-0.1, -0.05) is 0 Å². The van der Waals surface area contributed by atoms with Crippen LogP contribution in [0.5, 0.6) is 0 Å². The van der Waals surface area contributed by atoms with Crippen LogP contribution >= 0.6 is 20.8 Å². The molecule has 0 unspecified atom stereocenters. The Morgan fingerprint density at radius 1 is 0.806 bits per heavy atom. The Hall–Kier alpha value is -2.87. The van der Waals surface area contributed by atoms with Gasteiger partial charge in [-0.05, 0) is 0 Å². The summed E-state index contributed by atoms with van der Waals surface area (Å²) in [5.41, 5.74) is 3.32. The van der Waals surface area contributed by atoms with Crippen LogP contribution in [0.25, 0.3) is 0 Å². The van der Waals surface area contributed by atoms with Gasteiger partial charge >= 0.3 is 225 Å². The Bertz CT molecular complexity index is 1170. The van der Waals surface area contributed by atoms with Crippen LogP contribution in [0.2, 0.25) is 0 Å². The number of rotatable bonds is 11. The second-order valence-electron chi connectivity index (χ2n) is 9.15. The summed E-state index contributed by atoms with van der Waals surface area (Å²) in [5, 5.41) is 4.48. The van der Waals surface area contributed by atoms with Gasteiger partial charge in [0.15, 0.2) is 0 Å². The SMILES string of the molecule is C=C(CC(=C)OCC)NC1=CCCC=C1CP(Br)(c1ccccc1)(c1ccccc1)c1ccccc1. The van der Waals surface area contributed by atoms with Gasteiger partial charge in [-0.25, -0.2) is 0 Å². The average molecular weight is 561 g/mol.